The molecule has 102 valence electrons. The zero-order chi connectivity index (χ0) is 14.2. The van der Waals surface area contributed by atoms with E-state index in [1.165, 1.54) is 16.8 Å². The zero-order valence-electron chi connectivity index (χ0n) is 12.4. The third-order valence-corrected chi connectivity index (χ3v) is 4.05. The maximum atomic E-state index is 6.39. The molecule has 19 heavy (non-hydrogen) atoms. The maximum Gasteiger partial charge on any atom is 0.0686 e. The number of hydrogen-bond acceptors (Lipinski definition) is 2. The topological polar surface area (TPSA) is 43.8 Å². The van der Waals surface area contributed by atoms with Gasteiger partial charge in [0.15, 0.2) is 0 Å². The Morgan fingerprint density at radius 1 is 1.05 bits per heavy atom. The Morgan fingerprint density at radius 2 is 1.63 bits per heavy atom. The minimum Gasteiger partial charge on any atom is -0.322 e. The van der Waals surface area contributed by atoms with Crippen molar-refractivity contribution in [1.82, 2.24) is 9.78 Å². The molecule has 2 unspecified atom stereocenters. The fourth-order valence-electron chi connectivity index (χ4n) is 2.36. The Bertz CT molecular complexity index is 566. The van der Waals surface area contributed by atoms with E-state index < -0.39 is 0 Å². The van der Waals surface area contributed by atoms with Crippen LogP contribution in [0.5, 0.6) is 0 Å². The van der Waals surface area contributed by atoms with Crippen molar-refractivity contribution in [3.05, 3.63) is 52.3 Å². The number of nitrogens with zero attached hydrogens (tertiary/aromatic N) is 2. The van der Waals surface area contributed by atoms with Crippen molar-refractivity contribution < 1.29 is 0 Å². The second kappa shape index (κ2) is 5.17. The average molecular weight is 257 g/mol. The molecule has 3 nitrogen and oxygen atoms in total. The first kappa shape index (κ1) is 13.8. The first-order valence-electron chi connectivity index (χ1n) is 6.76. The van der Waals surface area contributed by atoms with Crippen molar-refractivity contribution in [2.24, 2.45) is 5.73 Å². The van der Waals surface area contributed by atoms with Gasteiger partial charge >= 0.3 is 0 Å². The average Bonchev–Trinajstić information content (AvgIpc) is 2.66. The molecular formula is C16H23N3. The van der Waals surface area contributed by atoms with Gasteiger partial charge < -0.3 is 5.73 Å². The second-order valence-electron chi connectivity index (χ2n) is 5.42. The summed E-state index contributed by atoms with van der Waals surface area (Å²) in [6.07, 6.45) is 0. The summed E-state index contributed by atoms with van der Waals surface area (Å²) in [5, 5.41) is 4.61. The van der Waals surface area contributed by atoms with Gasteiger partial charge in [-0.25, -0.2) is 0 Å². The highest BCUT2D eigenvalue weighted by Gasteiger charge is 2.20. The van der Waals surface area contributed by atoms with Gasteiger partial charge in [0, 0.05) is 5.69 Å². The van der Waals surface area contributed by atoms with Crippen molar-refractivity contribution in [3.8, 4) is 0 Å². The summed E-state index contributed by atoms with van der Waals surface area (Å²) >= 11 is 0. The predicted octanol–water partition coefficient (Wildman–Crippen LogP) is 3.38. The number of hydrogen-bond donors (Lipinski definition) is 1. The Labute approximate surface area is 115 Å². The first-order valence-corrected chi connectivity index (χ1v) is 6.76. The van der Waals surface area contributed by atoms with Crippen LogP contribution in [0.4, 0.5) is 0 Å². The predicted molar refractivity (Wildman–Crippen MR) is 79.3 cm³/mol. The van der Waals surface area contributed by atoms with Gasteiger partial charge in [0.1, 0.15) is 0 Å². The van der Waals surface area contributed by atoms with E-state index in [1.54, 1.807) is 0 Å². The van der Waals surface area contributed by atoms with Gasteiger partial charge in [0.25, 0.3) is 0 Å². The maximum absolute atomic E-state index is 6.39. The molecule has 2 atom stereocenters. The molecule has 0 fully saturated rings. The first-order chi connectivity index (χ1) is 8.91. The van der Waals surface area contributed by atoms with E-state index in [0.717, 1.165) is 11.3 Å². The Morgan fingerprint density at radius 3 is 2.11 bits per heavy atom. The molecule has 3 heteroatoms. The van der Waals surface area contributed by atoms with Crippen LogP contribution in [0.3, 0.4) is 0 Å². The Kier molecular flexibility index (Phi) is 3.76. The van der Waals surface area contributed by atoms with Crippen molar-refractivity contribution in [2.75, 3.05) is 0 Å². The molecule has 1 aromatic carbocycles. The van der Waals surface area contributed by atoms with Crippen molar-refractivity contribution in [2.45, 2.75) is 46.7 Å². The van der Waals surface area contributed by atoms with Gasteiger partial charge in [-0.3, -0.25) is 4.68 Å². The highest BCUT2D eigenvalue weighted by molar-refractivity contribution is 5.26. The molecule has 0 amide bonds. The molecule has 0 saturated heterocycles. The molecule has 2 rings (SSSR count). The summed E-state index contributed by atoms with van der Waals surface area (Å²) in [5.41, 5.74) is 12.3. The van der Waals surface area contributed by atoms with Gasteiger partial charge in [-0.05, 0) is 45.7 Å². The molecule has 2 aromatic rings. The van der Waals surface area contributed by atoms with Crippen LogP contribution in [0.15, 0.2) is 24.3 Å². The van der Waals surface area contributed by atoms with Crippen LogP contribution in [0.1, 0.15) is 47.1 Å². The normalized spacial score (nSPS) is 14.4. The molecular weight excluding hydrogens is 234 g/mol. The number of aromatic nitrogens is 2. The number of benzene rings is 1. The van der Waals surface area contributed by atoms with Gasteiger partial charge in [0.05, 0.1) is 17.8 Å². The monoisotopic (exact) mass is 257 g/mol. The van der Waals surface area contributed by atoms with Crippen LogP contribution in [-0.2, 0) is 0 Å². The van der Waals surface area contributed by atoms with Crippen LogP contribution < -0.4 is 5.73 Å². The molecule has 1 heterocycles. The third-order valence-electron chi connectivity index (χ3n) is 4.05. The van der Waals surface area contributed by atoms with Crippen LogP contribution in [-0.4, -0.2) is 9.78 Å². The van der Waals surface area contributed by atoms with Crippen molar-refractivity contribution >= 4 is 0 Å². The van der Waals surface area contributed by atoms with E-state index in [1.807, 2.05) is 6.92 Å². The van der Waals surface area contributed by atoms with E-state index in [4.69, 9.17) is 5.73 Å². The molecule has 0 spiro atoms. The highest BCUT2D eigenvalue weighted by Crippen LogP contribution is 2.26. The standard InChI is InChI=1S/C16H23N3/c1-10-6-8-15(9-7-10)16(17)14(5)19-13(4)11(2)12(3)18-19/h6-9,14,16H,17H2,1-5H3. The van der Waals surface area contributed by atoms with Crippen LogP contribution in [0.25, 0.3) is 0 Å². The fraction of sp³-hybridized carbons (Fsp3) is 0.438. The molecule has 0 saturated carbocycles. The van der Waals surface area contributed by atoms with E-state index in [2.05, 4.69) is 61.7 Å². The third kappa shape index (κ3) is 2.56. The van der Waals surface area contributed by atoms with Crippen LogP contribution in [0.2, 0.25) is 0 Å². The van der Waals surface area contributed by atoms with Gasteiger partial charge in [0.2, 0.25) is 0 Å². The van der Waals surface area contributed by atoms with Crippen LogP contribution in [0, 0.1) is 27.7 Å². The summed E-state index contributed by atoms with van der Waals surface area (Å²) in [6.45, 7) is 10.5. The largest absolute Gasteiger partial charge is 0.322 e. The lowest BCUT2D eigenvalue weighted by molar-refractivity contribution is 0.405. The van der Waals surface area contributed by atoms with E-state index >= 15 is 0 Å². The Balaban J connectivity index is 2.30. The number of aryl methyl sites for hydroxylation is 2. The van der Waals surface area contributed by atoms with Gasteiger partial charge in [-0.2, -0.15) is 5.10 Å². The highest BCUT2D eigenvalue weighted by atomic mass is 15.3. The van der Waals surface area contributed by atoms with E-state index in [0.29, 0.717) is 0 Å². The van der Waals surface area contributed by atoms with E-state index in [-0.39, 0.29) is 12.1 Å². The van der Waals surface area contributed by atoms with Crippen molar-refractivity contribution in [3.63, 3.8) is 0 Å². The minimum atomic E-state index is -0.0435. The molecule has 0 radical (unpaired) electrons. The summed E-state index contributed by atoms with van der Waals surface area (Å²) in [5.74, 6) is 0. The summed E-state index contributed by atoms with van der Waals surface area (Å²) in [7, 11) is 0. The van der Waals surface area contributed by atoms with Crippen LogP contribution >= 0.6 is 0 Å². The summed E-state index contributed by atoms with van der Waals surface area (Å²) < 4.78 is 2.05. The molecule has 0 aliphatic rings. The number of nitrogens with two attached hydrogens (primary N) is 1. The molecule has 0 aliphatic heterocycles. The summed E-state index contributed by atoms with van der Waals surface area (Å²) in [4.78, 5) is 0. The molecule has 2 N–H and O–H groups in total. The lowest BCUT2D eigenvalue weighted by Gasteiger charge is -2.22. The molecule has 1 aromatic heterocycles. The molecule has 0 aliphatic carbocycles. The smallest absolute Gasteiger partial charge is 0.0686 e. The minimum absolute atomic E-state index is 0.0435. The van der Waals surface area contributed by atoms with Gasteiger partial charge in [-0.15, -0.1) is 0 Å². The SMILES string of the molecule is Cc1ccc(C(N)C(C)n2nc(C)c(C)c2C)cc1. The quantitative estimate of drug-likeness (QED) is 0.916. The number of rotatable bonds is 3. The van der Waals surface area contributed by atoms with Crippen molar-refractivity contribution in [1.29, 1.82) is 0 Å². The van der Waals surface area contributed by atoms with Gasteiger partial charge in [-0.1, -0.05) is 29.8 Å². The Hall–Kier alpha value is -1.61. The fourth-order valence-corrected chi connectivity index (χ4v) is 2.36. The van der Waals surface area contributed by atoms with E-state index in [9.17, 15) is 0 Å². The lowest BCUT2D eigenvalue weighted by Crippen LogP contribution is -2.24. The molecule has 0 bridgehead atoms. The lowest BCUT2D eigenvalue weighted by atomic mass is 10.0. The summed E-state index contributed by atoms with van der Waals surface area (Å²) in [6, 6.07) is 8.53. The second-order valence-corrected chi connectivity index (χ2v) is 5.42. The zero-order valence-corrected chi connectivity index (χ0v) is 12.4.